The number of nitrogens with one attached hydrogen (secondary N) is 1. The lowest BCUT2D eigenvalue weighted by Crippen LogP contribution is -2.16. The van der Waals surface area contributed by atoms with Crippen LogP contribution in [-0.4, -0.2) is 11.8 Å². The lowest BCUT2D eigenvalue weighted by Gasteiger charge is -2.10. The van der Waals surface area contributed by atoms with Gasteiger partial charge in [0, 0.05) is 17.5 Å². The fourth-order valence-electron chi connectivity index (χ4n) is 1.71. The average molecular weight is 253 g/mol. The molecule has 1 aromatic rings. The highest BCUT2D eigenvalue weighted by molar-refractivity contribution is 7.99. The van der Waals surface area contributed by atoms with Crippen molar-refractivity contribution in [3.05, 3.63) is 29.6 Å². The molecule has 0 saturated heterocycles. The first kappa shape index (κ1) is 12.9. The van der Waals surface area contributed by atoms with Crippen molar-refractivity contribution in [3.63, 3.8) is 0 Å². The number of hydrogen-bond donors (Lipinski definition) is 1. The fourth-order valence-corrected chi connectivity index (χ4v) is 2.88. The standard InChI is InChI=1S/C14H20FNS/c1-2-3-9-17-14-11(5-4-6-13(14)15)10-16-12-7-8-12/h4-6,12,16H,2-3,7-10H2,1H3. The highest BCUT2D eigenvalue weighted by Crippen LogP contribution is 2.28. The molecule has 2 rings (SSSR count). The highest BCUT2D eigenvalue weighted by Gasteiger charge is 2.20. The van der Waals surface area contributed by atoms with E-state index in [1.165, 1.54) is 12.8 Å². The quantitative estimate of drug-likeness (QED) is 0.583. The summed E-state index contributed by atoms with van der Waals surface area (Å²) >= 11 is 1.66. The van der Waals surface area contributed by atoms with Gasteiger partial charge in [0.15, 0.2) is 0 Å². The van der Waals surface area contributed by atoms with Crippen molar-refractivity contribution >= 4 is 11.8 Å². The third kappa shape index (κ3) is 4.00. The normalized spacial score (nSPS) is 15.2. The molecule has 17 heavy (non-hydrogen) atoms. The van der Waals surface area contributed by atoms with Gasteiger partial charge >= 0.3 is 0 Å². The molecular weight excluding hydrogens is 233 g/mol. The lowest BCUT2D eigenvalue weighted by molar-refractivity contribution is 0.589. The smallest absolute Gasteiger partial charge is 0.137 e. The van der Waals surface area contributed by atoms with Gasteiger partial charge in [0.2, 0.25) is 0 Å². The van der Waals surface area contributed by atoms with Crippen LogP contribution in [0.5, 0.6) is 0 Å². The molecule has 0 unspecified atom stereocenters. The van der Waals surface area contributed by atoms with Gasteiger partial charge in [-0.25, -0.2) is 4.39 Å². The Morgan fingerprint density at radius 2 is 2.24 bits per heavy atom. The minimum atomic E-state index is -0.0683. The second-order valence-corrected chi connectivity index (χ2v) is 5.69. The van der Waals surface area contributed by atoms with Crippen LogP contribution >= 0.6 is 11.8 Å². The molecule has 0 atom stereocenters. The molecular formula is C14H20FNS. The van der Waals surface area contributed by atoms with Crippen LogP contribution < -0.4 is 5.32 Å². The summed E-state index contributed by atoms with van der Waals surface area (Å²) in [5.41, 5.74) is 1.11. The first-order chi connectivity index (χ1) is 8.31. The van der Waals surface area contributed by atoms with Crippen LogP contribution in [0.25, 0.3) is 0 Å². The largest absolute Gasteiger partial charge is 0.310 e. The van der Waals surface area contributed by atoms with Gasteiger partial charge in [0.25, 0.3) is 0 Å². The van der Waals surface area contributed by atoms with Crippen molar-refractivity contribution in [3.8, 4) is 0 Å². The van der Waals surface area contributed by atoms with Crippen molar-refractivity contribution in [2.24, 2.45) is 0 Å². The Bertz CT molecular complexity index is 363. The van der Waals surface area contributed by atoms with Gasteiger partial charge in [-0.15, -0.1) is 11.8 Å². The van der Waals surface area contributed by atoms with E-state index in [9.17, 15) is 4.39 Å². The molecule has 1 N–H and O–H groups in total. The van der Waals surface area contributed by atoms with Crippen molar-refractivity contribution in [1.29, 1.82) is 0 Å². The van der Waals surface area contributed by atoms with E-state index in [-0.39, 0.29) is 5.82 Å². The molecule has 0 radical (unpaired) electrons. The molecule has 94 valence electrons. The summed E-state index contributed by atoms with van der Waals surface area (Å²) in [5, 5.41) is 3.45. The number of unbranched alkanes of at least 4 members (excludes halogenated alkanes) is 1. The molecule has 3 heteroatoms. The molecule has 1 nitrogen and oxygen atoms in total. The summed E-state index contributed by atoms with van der Waals surface area (Å²) < 4.78 is 13.8. The first-order valence-electron chi connectivity index (χ1n) is 6.45. The average Bonchev–Trinajstić information content (AvgIpc) is 3.13. The number of thioether (sulfide) groups is 1. The zero-order valence-corrected chi connectivity index (χ0v) is 11.2. The molecule has 1 aliphatic carbocycles. The van der Waals surface area contributed by atoms with Gasteiger partial charge in [-0.3, -0.25) is 0 Å². The molecule has 0 heterocycles. The first-order valence-corrected chi connectivity index (χ1v) is 7.43. The molecule has 1 saturated carbocycles. The zero-order valence-electron chi connectivity index (χ0n) is 10.3. The summed E-state index contributed by atoms with van der Waals surface area (Å²) in [6, 6.07) is 6.08. The maximum Gasteiger partial charge on any atom is 0.137 e. The van der Waals surface area contributed by atoms with E-state index in [0.29, 0.717) is 6.04 Å². The Kier molecular flexibility index (Phi) is 4.86. The molecule has 0 aliphatic heterocycles. The Labute approximate surface area is 107 Å². The van der Waals surface area contributed by atoms with Gasteiger partial charge < -0.3 is 5.32 Å². The summed E-state index contributed by atoms with van der Waals surface area (Å²) in [6.45, 7) is 2.97. The second kappa shape index (κ2) is 6.41. The number of benzene rings is 1. The topological polar surface area (TPSA) is 12.0 Å². The van der Waals surface area contributed by atoms with Crippen LogP contribution in [0.2, 0.25) is 0 Å². The third-order valence-electron chi connectivity index (χ3n) is 2.95. The Morgan fingerprint density at radius 3 is 2.94 bits per heavy atom. The van der Waals surface area contributed by atoms with Crippen molar-refractivity contribution in [2.45, 2.75) is 50.1 Å². The molecule has 0 bridgehead atoms. The SMILES string of the molecule is CCCCSc1c(F)cccc1CNC1CC1. The van der Waals surface area contributed by atoms with Crippen LogP contribution in [0.15, 0.2) is 23.1 Å². The van der Waals surface area contributed by atoms with Crippen LogP contribution in [0, 0.1) is 5.82 Å². The van der Waals surface area contributed by atoms with Crippen molar-refractivity contribution in [2.75, 3.05) is 5.75 Å². The van der Waals surface area contributed by atoms with Gasteiger partial charge in [0.05, 0.1) is 0 Å². The Hall–Kier alpha value is -0.540. The Balaban J connectivity index is 1.98. The maximum absolute atomic E-state index is 13.8. The van der Waals surface area contributed by atoms with Gasteiger partial charge in [-0.1, -0.05) is 25.5 Å². The molecule has 0 aromatic heterocycles. The van der Waals surface area contributed by atoms with Crippen molar-refractivity contribution < 1.29 is 4.39 Å². The third-order valence-corrected chi connectivity index (χ3v) is 4.19. The van der Waals surface area contributed by atoms with Crippen LogP contribution in [0.4, 0.5) is 4.39 Å². The van der Waals surface area contributed by atoms with E-state index >= 15 is 0 Å². The van der Waals surface area contributed by atoms with E-state index in [1.54, 1.807) is 17.8 Å². The predicted octanol–water partition coefficient (Wildman–Crippen LogP) is 3.97. The van der Waals surface area contributed by atoms with Crippen LogP contribution in [-0.2, 0) is 6.54 Å². The fraction of sp³-hybridized carbons (Fsp3) is 0.571. The van der Waals surface area contributed by atoms with E-state index in [1.807, 2.05) is 12.1 Å². The second-order valence-electron chi connectivity index (χ2n) is 4.59. The summed E-state index contributed by atoms with van der Waals surface area (Å²) in [5.74, 6) is 0.939. The van der Waals surface area contributed by atoms with E-state index in [4.69, 9.17) is 0 Å². The maximum atomic E-state index is 13.8. The highest BCUT2D eigenvalue weighted by atomic mass is 32.2. The van der Waals surface area contributed by atoms with Gasteiger partial charge in [-0.05, 0) is 36.6 Å². The van der Waals surface area contributed by atoms with E-state index < -0.39 is 0 Å². The van der Waals surface area contributed by atoms with Gasteiger partial charge in [0.1, 0.15) is 5.82 Å². The minimum absolute atomic E-state index is 0.0683. The predicted molar refractivity (Wildman–Crippen MR) is 71.9 cm³/mol. The monoisotopic (exact) mass is 253 g/mol. The van der Waals surface area contributed by atoms with Gasteiger partial charge in [-0.2, -0.15) is 0 Å². The molecule has 0 spiro atoms. The van der Waals surface area contributed by atoms with E-state index in [0.717, 1.165) is 35.6 Å². The minimum Gasteiger partial charge on any atom is -0.310 e. The molecule has 1 fully saturated rings. The molecule has 1 aliphatic rings. The summed E-state index contributed by atoms with van der Waals surface area (Å²) in [7, 11) is 0. The number of hydrogen-bond acceptors (Lipinski definition) is 2. The van der Waals surface area contributed by atoms with Crippen molar-refractivity contribution in [1.82, 2.24) is 5.32 Å². The van der Waals surface area contributed by atoms with Crippen LogP contribution in [0.1, 0.15) is 38.2 Å². The number of rotatable bonds is 7. The summed E-state index contributed by atoms with van der Waals surface area (Å²) in [6.07, 6.45) is 4.85. The summed E-state index contributed by atoms with van der Waals surface area (Å²) in [4.78, 5) is 0.842. The zero-order chi connectivity index (χ0) is 12.1. The van der Waals surface area contributed by atoms with Crippen LogP contribution in [0.3, 0.4) is 0 Å². The molecule has 0 amide bonds. The number of halogens is 1. The Morgan fingerprint density at radius 1 is 1.41 bits per heavy atom. The lowest BCUT2D eigenvalue weighted by atomic mass is 10.2. The molecule has 1 aromatic carbocycles. The van der Waals surface area contributed by atoms with E-state index in [2.05, 4.69) is 12.2 Å².